The summed E-state index contributed by atoms with van der Waals surface area (Å²) in [5.41, 5.74) is 0. The van der Waals surface area contributed by atoms with Crippen molar-refractivity contribution in [3.8, 4) is 0 Å². The van der Waals surface area contributed by atoms with Gasteiger partial charge in [-0.2, -0.15) is 0 Å². The van der Waals surface area contributed by atoms with Crippen LogP contribution < -0.4 is 4.90 Å². The van der Waals surface area contributed by atoms with Gasteiger partial charge in [-0.15, -0.1) is 11.3 Å². The SMILES string of the molecule is CCc1nc(N(C)C2CCS(=O)(=O)CC2)c2ccsc2n1. The second kappa shape index (κ2) is 5.53. The lowest BCUT2D eigenvalue weighted by Crippen LogP contribution is -2.39. The Morgan fingerprint density at radius 1 is 1.33 bits per heavy atom. The van der Waals surface area contributed by atoms with E-state index < -0.39 is 9.84 Å². The molecule has 1 aliphatic heterocycles. The molecule has 21 heavy (non-hydrogen) atoms. The van der Waals surface area contributed by atoms with E-state index in [1.54, 1.807) is 11.3 Å². The van der Waals surface area contributed by atoms with E-state index in [0.717, 1.165) is 28.3 Å². The number of hydrogen-bond acceptors (Lipinski definition) is 6. The van der Waals surface area contributed by atoms with Crippen LogP contribution in [0.1, 0.15) is 25.6 Å². The molecule has 5 nitrogen and oxygen atoms in total. The molecule has 7 heteroatoms. The Hall–Kier alpha value is -1.21. The van der Waals surface area contributed by atoms with Crippen LogP contribution in [0.2, 0.25) is 0 Å². The van der Waals surface area contributed by atoms with E-state index in [0.29, 0.717) is 12.8 Å². The summed E-state index contributed by atoms with van der Waals surface area (Å²) in [5, 5.41) is 3.09. The van der Waals surface area contributed by atoms with Crippen molar-refractivity contribution in [1.82, 2.24) is 9.97 Å². The molecule has 3 heterocycles. The highest BCUT2D eigenvalue weighted by molar-refractivity contribution is 7.91. The standard InChI is InChI=1S/C14H19N3O2S2/c1-3-12-15-13(11-4-7-20-14(11)16-12)17(2)10-5-8-21(18,19)9-6-10/h4,7,10H,3,5-6,8-9H2,1-2H3. The van der Waals surface area contributed by atoms with Gasteiger partial charge in [-0.25, -0.2) is 18.4 Å². The Kier molecular flexibility index (Phi) is 3.88. The highest BCUT2D eigenvalue weighted by atomic mass is 32.2. The molecule has 0 bridgehead atoms. The maximum atomic E-state index is 11.6. The third kappa shape index (κ3) is 2.89. The Labute approximate surface area is 128 Å². The lowest BCUT2D eigenvalue weighted by Gasteiger charge is -2.32. The zero-order chi connectivity index (χ0) is 15.0. The van der Waals surface area contributed by atoms with Crippen molar-refractivity contribution in [1.29, 1.82) is 0 Å². The van der Waals surface area contributed by atoms with Crippen LogP contribution in [0.4, 0.5) is 5.82 Å². The zero-order valence-electron chi connectivity index (χ0n) is 12.2. The molecule has 2 aromatic heterocycles. The monoisotopic (exact) mass is 325 g/mol. The molecule has 2 aromatic rings. The quantitative estimate of drug-likeness (QED) is 0.866. The number of aryl methyl sites for hydroxylation is 1. The van der Waals surface area contributed by atoms with Gasteiger partial charge in [0.2, 0.25) is 0 Å². The Morgan fingerprint density at radius 2 is 2.05 bits per heavy atom. The summed E-state index contributed by atoms with van der Waals surface area (Å²) in [5.74, 6) is 2.33. The number of nitrogens with zero attached hydrogens (tertiary/aromatic N) is 3. The molecule has 0 radical (unpaired) electrons. The summed E-state index contributed by atoms with van der Waals surface area (Å²) in [6.07, 6.45) is 2.15. The molecule has 1 fully saturated rings. The fourth-order valence-corrected chi connectivity index (χ4v) is 4.99. The summed E-state index contributed by atoms with van der Waals surface area (Å²) >= 11 is 1.62. The van der Waals surface area contributed by atoms with Crippen molar-refractivity contribution in [3.63, 3.8) is 0 Å². The molecule has 114 valence electrons. The Morgan fingerprint density at radius 3 is 2.71 bits per heavy atom. The van der Waals surface area contributed by atoms with Crippen LogP contribution >= 0.6 is 11.3 Å². The largest absolute Gasteiger partial charge is 0.356 e. The fraction of sp³-hybridized carbons (Fsp3) is 0.571. The summed E-state index contributed by atoms with van der Waals surface area (Å²) in [6.45, 7) is 2.05. The molecule has 1 saturated heterocycles. The summed E-state index contributed by atoms with van der Waals surface area (Å²) in [6, 6.07) is 2.28. The molecule has 0 unspecified atom stereocenters. The van der Waals surface area contributed by atoms with Crippen LogP contribution in [0.15, 0.2) is 11.4 Å². The van der Waals surface area contributed by atoms with E-state index in [4.69, 9.17) is 0 Å². The van der Waals surface area contributed by atoms with Crippen LogP contribution in [-0.2, 0) is 16.3 Å². The number of hydrogen-bond donors (Lipinski definition) is 0. The summed E-state index contributed by atoms with van der Waals surface area (Å²) in [7, 11) is -0.818. The van der Waals surface area contributed by atoms with Crippen LogP contribution in [0.25, 0.3) is 10.2 Å². The molecule has 0 N–H and O–H groups in total. The normalized spacial score (nSPS) is 19.0. The zero-order valence-corrected chi connectivity index (χ0v) is 13.9. The van der Waals surface area contributed by atoms with Gasteiger partial charge in [0.1, 0.15) is 26.3 Å². The maximum Gasteiger partial charge on any atom is 0.150 e. The molecule has 0 aromatic carbocycles. The topological polar surface area (TPSA) is 63.2 Å². The van der Waals surface area contributed by atoms with Crippen LogP contribution in [0.3, 0.4) is 0 Å². The first-order chi connectivity index (χ1) is 10.00. The Balaban J connectivity index is 1.94. The molecular weight excluding hydrogens is 306 g/mol. The average molecular weight is 325 g/mol. The molecular formula is C14H19N3O2S2. The lowest BCUT2D eigenvalue weighted by atomic mass is 10.1. The average Bonchev–Trinajstić information content (AvgIpc) is 2.93. The van der Waals surface area contributed by atoms with Crippen LogP contribution in [0, 0.1) is 0 Å². The highest BCUT2D eigenvalue weighted by Gasteiger charge is 2.28. The van der Waals surface area contributed by atoms with Gasteiger partial charge in [0.25, 0.3) is 0 Å². The van der Waals surface area contributed by atoms with Gasteiger partial charge in [-0.1, -0.05) is 6.92 Å². The molecule has 0 atom stereocenters. The van der Waals surface area contributed by atoms with Gasteiger partial charge in [-0.05, 0) is 24.3 Å². The third-order valence-electron chi connectivity index (χ3n) is 4.07. The third-order valence-corrected chi connectivity index (χ3v) is 6.60. The van der Waals surface area contributed by atoms with E-state index in [1.807, 2.05) is 25.4 Å². The van der Waals surface area contributed by atoms with E-state index in [2.05, 4.69) is 14.9 Å². The lowest BCUT2D eigenvalue weighted by molar-refractivity contribution is 0.531. The van der Waals surface area contributed by atoms with Gasteiger partial charge in [0.15, 0.2) is 0 Å². The molecule has 3 rings (SSSR count). The van der Waals surface area contributed by atoms with Crippen LogP contribution in [-0.4, -0.2) is 43.0 Å². The predicted molar refractivity (Wildman–Crippen MR) is 86.9 cm³/mol. The minimum absolute atomic E-state index is 0.233. The maximum absolute atomic E-state index is 11.6. The van der Waals surface area contributed by atoms with Gasteiger partial charge in [0, 0.05) is 19.5 Å². The Bertz CT molecular complexity index is 741. The summed E-state index contributed by atoms with van der Waals surface area (Å²) < 4.78 is 23.2. The molecule has 0 amide bonds. The van der Waals surface area contributed by atoms with Crippen molar-refractivity contribution < 1.29 is 8.42 Å². The van der Waals surface area contributed by atoms with Gasteiger partial charge in [0.05, 0.1) is 16.9 Å². The van der Waals surface area contributed by atoms with Crippen molar-refractivity contribution in [3.05, 3.63) is 17.3 Å². The number of thiophene rings is 1. The van der Waals surface area contributed by atoms with E-state index in [1.165, 1.54) is 0 Å². The smallest absolute Gasteiger partial charge is 0.150 e. The number of aromatic nitrogens is 2. The molecule has 0 aliphatic carbocycles. The van der Waals surface area contributed by atoms with Crippen molar-refractivity contribution >= 4 is 37.2 Å². The van der Waals surface area contributed by atoms with Crippen molar-refractivity contribution in [2.45, 2.75) is 32.2 Å². The predicted octanol–water partition coefficient (Wildman–Crippen LogP) is 2.27. The number of fused-ring (bicyclic) bond motifs is 1. The fourth-order valence-electron chi connectivity index (χ4n) is 2.75. The first kappa shape index (κ1) is 14.7. The first-order valence-electron chi connectivity index (χ1n) is 7.17. The van der Waals surface area contributed by atoms with Gasteiger partial charge >= 0.3 is 0 Å². The minimum atomic E-state index is -2.83. The van der Waals surface area contributed by atoms with Crippen molar-refractivity contribution in [2.24, 2.45) is 0 Å². The second-order valence-electron chi connectivity index (χ2n) is 5.45. The molecule has 0 spiro atoms. The van der Waals surface area contributed by atoms with E-state index >= 15 is 0 Å². The number of anilines is 1. The summed E-state index contributed by atoms with van der Waals surface area (Å²) in [4.78, 5) is 12.4. The van der Waals surface area contributed by atoms with Crippen molar-refractivity contribution in [2.75, 3.05) is 23.5 Å². The molecule has 1 aliphatic rings. The minimum Gasteiger partial charge on any atom is -0.356 e. The van der Waals surface area contributed by atoms with Gasteiger partial charge < -0.3 is 4.90 Å². The number of rotatable bonds is 3. The van der Waals surface area contributed by atoms with E-state index in [9.17, 15) is 8.42 Å². The second-order valence-corrected chi connectivity index (χ2v) is 8.65. The first-order valence-corrected chi connectivity index (χ1v) is 9.87. The number of sulfone groups is 1. The van der Waals surface area contributed by atoms with Crippen LogP contribution in [0.5, 0.6) is 0 Å². The molecule has 0 saturated carbocycles. The van der Waals surface area contributed by atoms with E-state index in [-0.39, 0.29) is 17.5 Å². The highest BCUT2D eigenvalue weighted by Crippen LogP contribution is 2.30. The van der Waals surface area contributed by atoms with Gasteiger partial charge in [-0.3, -0.25) is 0 Å².